The number of halogens is 2. The molecule has 0 fully saturated rings. The van der Waals surface area contributed by atoms with Crippen molar-refractivity contribution < 1.29 is 9.84 Å². The molecule has 0 radical (unpaired) electrons. The molecule has 0 aliphatic carbocycles. The molecule has 21 heavy (non-hydrogen) atoms. The summed E-state index contributed by atoms with van der Waals surface area (Å²) in [6.07, 6.45) is 0.512. The van der Waals surface area contributed by atoms with E-state index < -0.39 is 6.10 Å². The lowest BCUT2D eigenvalue weighted by molar-refractivity contribution is 0.106. The van der Waals surface area contributed by atoms with Gasteiger partial charge in [-0.05, 0) is 30.7 Å². The molecule has 0 saturated carbocycles. The predicted molar refractivity (Wildman–Crippen MR) is 84.3 cm³/mol. The van der Waals surface area contributed by atoms with E-state index in [-0.39, 0.29) is 6.61 Å². The largest absolute Gasteiger partial charge is 0.491 e. The zero-order chi connectivity index (χ0) is 15.4. The molecular weight excluding hydrogens is 311 g/mol. The van der Waals surface area contributed by atoms with E-state index in [1.54, 1.807) is 28.9 Å². The molecule has 2 rings (SSSR count). The molecule has 1 N–H and O–H groups in total. The van der Waals surface area contributed by atoms with Gasteiger partial charge >= 0.3 is 0 Å². The topological polar surface area (TPSA) is 47.3 Å². The van der Waals surface area contributed by atoms with Crippen LogP contribution in [0.25, 0.3) is 0 Å². The second-order valence-electron chi connectivity index (χ2n) is 4.81. The standard InChI is InChI=1S/C15H18Cl2N2O2/c1-3-13-15(17)14(19(2)18-13)8-11(20)9-21-12-6-4-10(16)5-7-12/h4-7,11,20H,3,8-9H2,1-2H3. The molecule has 6 heteroatoms. The van der Waals surface area contributed by atoms with Crippen molar-refractivity contribution >= 4 is 23.2 Å². The maximum absolute atomic E-state index is 10.1. The zero-order valence-electron chi connectivity index (χ0n) is 12.0. The van der Waals surface area contributed by atoms with Gasteiger partial charge < -0.3 is 9.84 Å². The average Bonchev–Trinajstić information content (AvgIpc) is 2.74. The molecule has 0 bridgehead atoms. The normalized spacial score (nSPS) is 12.4. The molecule has 1 unspecified atom stereocenters. The van der Waals surface area contributed by atoms with Crippen LogP contribution in [0.3, 0.4) is 0 Å². The summed E-state index contributed by atoms with van der Waals surface area (Å²) in [6.45, 7) is 2.18. The SMILES string of the molecule is CCc1nn(C)c(CC(O)COc2ccc(Cl)cc2)c1Cl. The lowest BCUT2D eigenvalue weighted by atomic mass is 10.2. The predicted octanol–water partition coefficient (Wildman–Crippen LogP) is 3.27. The minimum absolute atomic E-state index is 0.185. The van der Waals surface area contributed by atoms with E-state index in [1.807, 2.05) is 14.0 Å². The van der Waals surface area contributed by atoms with Crippen molar-refractivity contribution in [2.45, 2.75) is 25.9 Å². The molecule has 0 spiro atoms. The van der Waals surface area contributed by atoms with Crippen molar-refractivity contribution in [3.05, 3.63) is 45.7 Å². The average molecular weight is 329 g/mol. The number of nitrogens with zero attached hydrogens (tertiary/aromatic N) is 2. The molecule has 1 heterocycles. The fourth-order valence-corrected chi connectivity index (χ4v) is 2.54. The van der Waals surface area contributed by atoms with Crippen LogP contribution in [0.4, 0.5) is 0 Å². The van der Waals surface area contributed by atoms with Gasteiger partial charge in [-0.1, -0.05) is 30.1 Å². The van der Waals surface area contributed by atoms with Crippen molar-refractivity contribution in [3.63, 3.8) is 0 Å². The Morgan fingerprint density at radius 3 is 2.52 bits per heavy atom. The molecule has 4 nitrogen and oxygen atoms in total. The number of ether oxygens (including phenoxy) is 1. The van der Waals surface area contributed by atoms with Gasteiger partial charge in [0.1, 0.15) is 12.4 Å². The Labute approximate surface area is 134 Å². The summed E-state index contributed by atoms with van der Waals surface area (Å²) >= 11 is 12.1. The van der Waals surface area contributed by atoms with Crippen LogP contribution in [0.1, 0.15) is 18.3 Å². The third-order valence-electron chi connectivity index (χ3n) is 3.19. The molecule has 2 aromatic rings. The zero-order valence-corrected chi connectivity index (χ0v) is 13.5. The fourth-order valence-electron chi connectivity index (χ4n) is 2.05. The molecule has 0 aliphatic rings. The maximum atomic E-state index is 10.1. The first kappa shape index (κ1) is 16.1. The summed E-state index contributed by atoms with van der Waals surface area (Å²) in [4.78, 5) is 0. The van der Waals surface area contributed by atoms with E-state index in [4.69, 9.17) is 27.9 Å². The van der Waals surface area contributed by atoms with Gasteiger partial charge in [0.2, 0.25) is 0 Å². The van der Waals surface area contributed by atoms with Gasteiger partial charge in [-0.2, -0.15) is 5.10 Å². The van der Waals surface area contributed by atoms with Crippen LogP contribution in [0.5, 0.6) is 5.75 Å². The van der Waals surface area contributed by atoms with Crippen LogP contribution in [0.2, 0.25) is 10.0 Å². The van der Waals surface area contributed by atoms with E-state index >= 15 is 0 Å². The summed E-state index contributed by atoms with van der Waals surface area (Å²) in [7, 11) is 1.83. The Balaban J connectivity index is 1.94. The molecule has 1 atom stereocenters. The lowest BCUT2D eigenvalue weighted by Gasteiger charge is -2.13. The summed E-state index contributed by atoms with van der Waals surface area (Å²) in [5.74, 6) is 0.670. The van der Waals surface area contributed by atoms with Crippen LogP contribution in [0, 0.1) is 0 Å². The maximum Gasteiger partial charge on any atom is 0.119 e. The van der Waals surface area contributed by atoms with Crippen molar-refractivity contribution in [3.8, 4) is 5.75 Å². The minimum Gasteiger partial charge on any atom is -0.491 e. The molecule has 0 amide bonds. The van der Waals surface area contributed by atoms with Crippen molar-refractivity contribution in [1.82, 2.24) is 9.78 Å². The van der Waals surface area contributed by atoms with Crippen LogP contribution in [0.15, 0.2) is 24.3 Å². The number of aryl methyl sites for hydroxylation is 2. The number of hydrogen-bond acceptors (Lipinski definition) is 3. The Kier molecular flexibility index (Phi) is 5.51. The van der Waals surface area contributed by atoms with Gasteiger partial charge in [0.25, 0.3) is 0 Å². The van der Waals surface area contributed by atoms with Crippen LogP contribution < -0.4 is 4.74 Å². The highest BCUT2D eigenvalue weighted by molar-refractivity contribution is 6.32. The van der Waals surface area contributed by atoms with E-state index in [0.29, 0.717) is 22.2 Å². The first-order chi connectivity index (χ1) is 10.0. The van der Waals surface area contributed by atoms with Gasteiger partial charge in [0, 0.05) is 18.5 Å². The van der Waals surface area contributed by atoms with Crippen molar-refractivity contribution in [2.24, 2.45) is 7.05 Å². The number of hydrogen-bond donors (Lipinski definition) is 1. The number of aromatic nitrogens is 2. The minimum atomic E-state index is -0.654. The fraction of sp³-hybridized carbons (Fsp3) is 0.400. The van der Waals surface area contributed by atoms with Gasteiger partial charge in [-0.25, -0.2) is 0 Å². The van der Waals surface area contributed by atoms with Gasteiger partial charge in [0.15, 0.2) is 0 Å². The highest BCUT2D eigenvalue weighted by Crippen LogP contribution is 2.22. The van der Waals surface area contributed by atoms with Gasteiger partial charge in [-0.3, -0.25) is 4.68 Å². The Hall–Kier alpha value is -1.23. The number of rotatable bonds is 6. The third kappa shape index (κ3) is 4.13. The number of aliphatic hydroxyl groups excluding tert-OH is 1. The third-order valence-corrected chi connectivity index (χ3v) is 3.88. The smallest absolute Gasteiger partial charge is 0.119 e. The lowest BCUT2D eigenvalue weighted by Crippen LogP contribution is -2.21. The Morgan fingerprint density at radius 2 is 1.95 bits per heavy atom. The van der Waals surface area contributed by atoms with E-state index in [0.717, 1.165) is 17.8 Å². The van der Waals surface area contributed by atoms with Crippen LogP contribution in [-0.2, 0) is 19.9 Å². The van der Waals surface area contributed by atoms with Gasteiger partial charge in [0.05, 0.1) is 22.5 Å². The summed E-state index contributed by atoms with van der Waals surface area (Å²) in [5.41, 5.74) is 1.67. The second-order valence-corrected chi connectivity index (χ2v) is 5.62. The molecule has 0 saturated heterocycles. The number of benzene rings is 1. The summed E-state index contributed by atoms with van der Waals surface area (Å²) in [5, 5.41) is 15.7. The highest BCUT2D eigenvalue weighted by Gasteiger charge is 2.17. The van der Waals surface area contributed by atoms with E-state index in [2.05, 4.69) is 5.10 Å². The van der Waals surface area contributed by atoms with Crippen LogP contribution >= 0.6 is 23.2 Å². The first-order valence-corrected chi connectivity index (χ1v) is 7.53. The Morgan fingerprint density at radius 1 is 1.29 bits per heavy atom. The molecule has 0 aliphatic heterocycles. The molecule has 114 valence electrons. The Bertz CT molecular complexity index is 596. The van der Waals surface area contributed by atoms with Crippen LogP contribution in [-0.4, -0.2) is 27.6 Å². The number of aliphatic hydroxyl groups is 1. The monoisotopic (exact) mass is 328 g/mol. The first-order valence-electron chi connectivity index (χ1n) is 6.78. The van der Waals surface area contributed by atoms with E-state index in [1.165, 1.54) is 0 Å². The highest BCUT2D eigenvalue weighted by atomic mass is 35.5. The van der Waals surface area contributed by atoms with Crippen molar-refractivity contribution in [1.29, 1.82) is 0 Å². The molecule has 1 aromatic carbocycles. The molecular formula is C15H18Cl2N2O2. The summed E-state index contributed by atoms with van der Waals surface area (Å²) in [6, 6.07) is 7.02. The summed E-state index contributed by atoms with van der Waals surface area (Å²) < 4.78 is 7.24. The second kappa shape index (κ2) is 7.16. The molecule has 1 aromatic heterocycles. The van der Waals surface area contributed by atoms with Gasteiger partial charge in [-0.15, -0.1) is 0 Å². The quantitative estimate of drug-likeness (QED) is 0.885. The van der Waals surface area contributed by atoms with Crippen molar-refractivity contribution in [2.75, 3.05) is 6.61 Å². The van der Waals surface area contributed by atoms with E-state index in [9.17, 15) is 5.11 Å².